The number of hydrogen-bond acceptors (Lipinski definition) is 9. The zero-order chi connectivity index (χ0) is 35.1. The molecule has 6 rings (SSSR count). The highest BCUT2D eigenvalue weighted by Gasteiger charge is 2.61. The summed E-state index contributed by atoms with van der Waals surface area (Å²) in [5.41, 5.74) is -3.65. The highest BCUT2D eigenvalue weighted by molar-refractivity contribution is 5.98. The Morgan fingerprint density at radius 2 is 1.94 bits per heavy atom. The number of allylic oxidation sites excluding steroid dienone is 1. The average molecular weight is 689 g/mol. The molecule has 0 bridgehead atoms. The number of aryl methyl sites for hydroxylation is 1. The van der Waals surface area contributed by atoms with Gasteiger partial charge in [-0.3, -0.25) is 14.4 Å². The molecule has 2 aliphatic heterocycles. The fourth-order valence-electron chi connectivity index (χ4n) is 6.29. The number of nitrogens with one attached hydrogen (secondary N) is 2. The van der Waals surface area contributed by atoms with Crippen LogP contribution >= 0.6 is 0 Å². The van der Waals surface area contributed by atoms with Gasteiger partial charge in [0.15, 0.2) is 5.69 Å². The van der Waals surface area contributed by atoms with Gasteiger partial charge in [-0.05, 0) is 44.7 Å². The number of halogens is 4. The number of amides is 3. The van der Waals surface area contributed by atoms with Crippen LogP contribution in [-0.2, 0) is 20.6 Å². The Balaban J connectivity index is 1.34. The highest BCUT2D eigenvalue weighted by Crippen LogP contribution is 2.45. The molecular formula is C32H32F4N6O7. The van der Waals surface area contributed by atoms with Gasteiger partial charge in [0.2, 0.25) is 23.4 Å². The SMILES string of the molecule is Cc1cc(C(=O)N[C@H]2CCCCC/C=C\[C@@H]3C[C@@]3(C(=O)O)NC(=O)[C@@H]3C[C@@H](Oc4nc5cc(F)ccc5nc4C(F)(F)F)CN3C2=O)no1. The van der Waals surface area contributed by atoms with Crippen molar-refractivity contribution in [2.75, 3.05) is 6.54 Å². The predicted octanol–water partition coefficient (Wildman–Crippen LogP) is 3.71. The minimum atomic E-state index is -5.03. The molecule has 0 unspecified atom stereocenters. The minimum absolute atomic E-state index is 0.0857. The van der Waals surface area contributed by atoms with Crippen molar-refractivity contribution in [3.05, 3.63) is 59.4 Å². The van der Waals surface area contributed by atoms with Crippen LogP contribution in [0.25, 0.3) is 11.0 Å². The second-order valence-corrected chi connectivity index (χ2v) is 12.5. The van der Waals surface area contributed by atoms with E-state index in [9.17, 15) is 41.8 Å². The van der Waals surface area contributed by atoms with Crippen molar-refractivity contribution in [1.29, 1.82) is 0 Å². The Morgan fingerprint density at radius 3 is 2.65 bits per heavy atom. The third kappa shape index (κ3) is 7.05. The lowest BCUT2D eigenvalue weighted by atomic mass is 10.0. The molecule has 3 aliphatic rings. The summed E-state index contributed by atoms with van der Waals surface area (Å²) in [6.07, 6.45) is -0.278. The molecule has 13 nitrogen and oxygen atoms in total. The molecule has 2 fully saturated rings. The van der Waals surface area contributed by atoms with Gasteiger partial charge in [-0.1, -0.05) is 30.2 Å². The number of rotatable bonds is 5. The smallest absolute Gasteiger partial charge is 0.438 e. The molecule has 2 aromatic heterocycles. The van der Waals surface area contributed by atoms with Gasteiger partial charge in [-0.2, -0.15) is 13.2 Å². The lowest BCUT2D eigenvalue weighted by molar-refractivity contribution is -0.145. The Hall–Kier alpha value is -5.09. The minimum Gasteiger partial charge on any atom is -0.479 e. The lowest BCUT2D eigenvalue weighted by Crippen LogP contribution is -2.56. The van der Waals surface area contributed by atoms with E-state index >= 15 is 0 Å². The second kappa shape index (κ2) is 13.1. The number of aromatic nitrogens is 3. The summed E-state index contributed by atoms with van der Waals surface area (Å²) < 4.78 is 66.9. The molecule has 0 radical (unpaired) electrons. The summed E-state index contributed by atoms with van der Waals surface area (Å²) in [6.45, 7) is 1.16. The summed E-state index contributed by atoms with van der Waals surface area (Å²) in [5, 5.41) is 18.9. The largest absolute Gasteiger partial charge is 0.479 e. The van der Waals surface area contributed by atoms with E-state index in [0.29, 0.717) is 31.4 Å². The third-order valence-electron chi connectivity index (χ3n) is 8.93. The van der Waals surface area contributed by atoms with E-state index < -0.39 is 83.4 Å². The number of aliphatic carboxylic acids is 1. The first-order valence-corrected chi connectivity index (χ1v) is 15.7. The number of carbonyl (C=O) groups excluding carboxylic acids is 3. The standard InChI is InChI=1S/C32H32F4N6O7/c1-16-11-23(41-49-16)26(43)38-21-8-6-4-2-3-5-7-17-14-31(17,30(46)47)40-27(44)24-13-19(15-42(24)29(21)45)48-28-25(32(34,35)36)37-20-10-9-18(33)12-22(20)39-28/h5,7,9-12,17,19,21,24H,2-4,6,8,13-15H2,1H3,(H,38,43)(H,40,44)(H,46,47)/b7-5-/t17-,19-,21+,24+,31-/m1/s1. The maximum Gasteiger partial charge on any atom is 0.438 e. The van der Waals surface area contributed by atoms with Crippen LogP contribution in [0.3, 0.4) is 0 Å². The number of alkyl halides is 3. The van der Waals surface area contributed by atoms with Crippen molar-refractivity contribution in [3.8, 4) is 5.88 Å². The van der Waals surface area contributed by atoms with E-state index in [1.165, 1.54) is 6.07 Å². The van der Waals surface area contributed by atoms with Crippen molar-refractivity contribution >= 4 is 34.7 Å². The predicted molar refractivity (Wildman–Crippen MR) is 160 cm³/mol. The first-order chi connectivity index (χ1) is 23.2. The molecule has 3 N–H and O–H groups in total. The topological polar surface area (TPSA) is 177 Å². The summed E-state index contributed by atoms with van der Waals surface area (Å²) in [6, 6.07) is 1.67. The van der Waals surface area contributed by atoms with E-state index in [2.05, 4.69) is 25.8 Å². The van der Waals surface area contributed by atoms with Crippen molar-refractivity contribution in [2.45, 2.75) is 81.8 Å². The van der Waals surface area contributed by atoms with Crippen LogP contribution < -0.4 is 15.4 Å². The molecule has 4 heterocycles. The van der Waals surface area contributed by atoms with Gasteiger partial charge in [0.05, 0.1) is 17.6 Å². The number of carboxylic acid groups (broad SMARTS) is 1. The average Bonchev–Trinajstić information content (AvgIpc) is 3.32. The first kappa shape index (κ1) is 33.8. The number of nitrogens with zero attached hydrogens (tertiary/aromatic N) is 4. The summed E-state index contributed by atoms with van der Waals surface area (Å²) in [7, 11) is 0. The van der Waals surface area contributed by atoms with Crippen LogP contribution in [-0.4, -0.2) is 79.1 Å². The quantitative estimate of drug-likeness (QED) is 0.265. The molecule has 3 aromatic rings. The lowest BCUT2D eigenvalue weighted by Gasteiger charge is -2.29. The van der Waals surface area contributed by atoms with Crippen molar-refractivity contribution in [3.63, 3.8) is 0 Å². The van der Waals surface area contributed by atoms with Gasteiger partial charge < -0.3 is 29.9 Å². The molecule has 1 aromatic carbocycles. The molecule has 0 spiro atoms. The van der Waals surface area contributed by atoms with Gasteiger partial charge in [0.25, 0.3) is 5.91 Å². The molecule has 3 amide bonds. The summed E-state index contributed by atoms with van der Waals surface area (Å²) in [5.74, 6) is -5.47. The van der Waals surface area contributed by atoms with E-state index in [4.69, 9.17) is 9.26 Å². The molecule has 1 saturated carbocycles. The number of carboxylic acids is 1. The van der Waals surface area contributed by atoms with Gasteiger partial charge in [-0.15, -0.1) is 0 Å². The van der Waals surface area contributed by atoms with Crippen molar-refractivity contribution in [1.82, 2.24) is 30.7 Å². The molecule has 5 atom stereocenters. The van der Waals surface area contributed by atoms with Gasteiger partial charge >= 0.3 is 12.1 Å². The van der Waals surface area contributed by atoms with Gasteiger partial charge in [0.1, 0.15) is 35.3 Å². The highest BCUT2D eigenvalue weighted by atomic mass is 19.4. The first-order valence-electron chi connectivity index (χ1n) is 15.7. The zero-order valence-electron chi connectivity index (χ0n) is 26.1. The van der Waals surface area contributed by atoms with E-state index in [0.717, 1.165) is 23.1 Å². The van der Waals surface area contributed by atoms with Crippen LogP contribution in [0.1, 0.15) is 66.9 Å². The van der Waals surface area contributed by atoms with E-state index in [1.54, 1.807) is 13.0 Å². The van der Waals surface area contributed by atoms with E-state index in [1.807, 2.05) is 6.08 Å². The second-order valence-electron chi connectivity index (χ2n) is 12.5. The zero-order valence-corrected chi connectivity index (χ0v) is 26.1. The fraction of sp³-hybridized carbons (Fsp3) is 0.469. The summed E-state index contributed by atoms with van der Waals surface area (Å²) >= 11 is 0. The van der Waals surface area contributed by atoms with Crippen LogP contribution in [0.2, 0.25) is 0 Å². The van der Waals surface area contributed by atoms with Crippen LogP contribution in [0.15, 0.2) is 40.9 Å². The third-order valence-corrected chi connectivity index (χ3v) is 8.93. The van der Waals surface area contributed by atoms with Crippen molar-refractivity contribution in [2.24, 2.45) is 5.92 Å². The molecular weight excluding hydrogens is 656 g/mol. The Bertz CT molecular complexity index is 1830. The number of carbonyl (C=O) groups is 4. The van der Waals surface area contributed by atoms with E-state index in [-0.39, 0.29) is 36.0 Å². The maximum atomic E-state index is 14.2. The molecule has 260 valence electrons. The van der Waals surface area contributed by atoms with Gasteiger partial charge in [0, 0.05) is 24.5 Å². The fourth-order valence-corrected chi connectivity index (χ4v) is 6.29. The van der Waals surface area contributed by atoms with Crippen LogP contribution in [0.5, 0.6) is 5.88 Å². The normalized spacial score (nSPS) is 26.9. The van der Waals surface area contributed by atoms with Gasteiger partial charge in [-0.25, -0.2) is 19.2 Å². The van der Waals surface area contributed by atoms with Crippen LogP contribution in [0.4, 0.5) is 17.6 Å². The number of benzene rings is 1. The Labute approximate surface area is 276 Å². The Morgan fingerprint density at radius 1 is 1.14 bits per heavy atom. The number of fused-ring (bicyclic) bond motifs is 3. The molecule has 49 heavy (non-hydrogen) atoms. The molecule has 1 saturated heterocycles. The van der Waals surface area contributed by atoms with Crippen molar-refractivity contribution < 1.29 is 51.1 Å². The monoisotopic (exact) mass is 688 g/mol. The van der Waals surface area contributed by atoms with Crippen LogP contribution in [0, 0.1) is 18.7 Å². The summed E-state index contributed by atoms with van der Waals surface area (Å²) in [4.78, 5) is 61.9. The maximum absolute atomic E-state index is 14.2. The number of hydrogen-bond donors (Lipinski definition) is 3. The molecule has 1 aliphatic carbocycles. The Kier molecular flexibility index (Phi) is 9.02. The molecule has 17 heteroatoms. The number of ether oxygens (including phenoxy) is 1.